The van der Waals surface area contributed by atoms with E-state index in [1.54, 1.807) is 36.1 Å². The molecule has 0 atom stereocenters. The fourth-order valence-electron chi connectivity index (χ4n) is 3.47. The van der Waals surface area contributed by atoms with E-state index in [9.17, 15) is 14.4 Å². The van der Waals surface area contributed by atoms with Gasteiger partial charge in [0.1, 0.15) is 0 Å². The Morgan fingerprint density at radius 3 is 2.20 bits per heavy atom. The van der Waals surface area contributed by atoms with E-state index >= 15 is 0 Å². The number of piperazine rings is 1. The minimum Gasteiger partial charge on any atom is -0.368 e. The zero-order valence-corrected chi connectivity index (χ0v) is 17.6. The fraction of sp³-hybridized carbons (Fsp3) is 0.292. The summed E-state index contributed by atoms with van der Waals surface area (Å²) in [7, 11) is 0. The quantitative estimate of drug-likeness (QED) is 0.611. The first-order valence-corrected chi connectivity index (χ1v) is 10.0. The molecule has 0 radical (unpaired) electrons. The number of carbonyl (C=O) groups excluding carboxylic acids is 3. The average molecular weight is 405 g/mol. The summed E-state index contributed by atoms with van der Waals surface area (Å²) in [6.07, 6.45) is 1.33. The van der Waals surface area contributed by atoms with Crippen LogP contribution in [0.1, 0.15) is 29.8 Å². The van der Waals surface area contributed by atoms with E-state index in [0.717, 1.165) is 13.1 Å². The first-order valence-electron chi connectivity index (χ1n) is 10.0. The molecule has 0 aliphatic carbocycles. The Morgan fingerprint density at radius 1 is 0.933 bits per heavy atom. The van der Waals surface area contributed by atoms with Crippen LogP contribution in [0.15, 0.2) is 60.2 Å². The summed E-state index contributed by atoms with van der Waals surface area (Å²) in [5.41, 5.74) is 3.95. The maximum atomic E-state index is 12.7. The second kappa shape index (κ2) is 9.39. The third-order valence-corrected chi connectivity index (χ3v) is 5.18. The molecule has 0 aromatic heterocycles. The van der Waals surface area contributed by atoms with Gasteiger partial charge in [0.05, 0.1) is 0 Å². The Labute approximate surface area is 177 Å². The van der Waals surface area contributed by atoms with Crippen molar-refractivity contribution in [2.24, 2.45) is 0 Å². The highest BCUT2D eigenvalue weighted by atomic mass is 16.2. The Morgan fingerprint density at radius 2 is 1.60 bits per heavy atom. The van der Waals surface area contributed by atoms with Gasteiger partial charge in [0.2, 0.25) is 11.8 Å². The number of anilines is 2. The summed E-state index contributed by atoms with van der Waals surface area (Å²) in [6, 6.07) is 15.0. The van der Waals surface area contributed by atoms with Gasteiger partial charge in [-0.25, -0.2) is 0 Å². The fourth-order valence-corrected chi connectivity index (χ4v) is 3.47. The number of Topliss-reactive ketones (excluding diaryl/α,β-unsaturated/α-hetero) is 1. The highest BCUT2D eigenvalue weighted by Crippen LogP contribution is 2.18. The van der Waals surface area contributed by atoms with E-state index in [-0.39, 0.29) is 17.6 Å². The van der Waals surface area contributed by atoms with E-state index in [2.05, 4.69) is 35.3 Å². The number of nitrogens with one attached hydrogen (secondary N) is 1. The van der Waals surface area contributed by atoms with Crippen LogP contribution >= 0.6 is 0 Å². The molecule has 0 bridgehead atoms. The zero-order valence-electron chi connectivity index (χ0n) is 17.6. The number of carbonyl (C=O) groups is 3. The molecule has 3 rings (SSSR count). The number of rotatable bonds is 5. The smallest absolute Gasteiger partial charge is 0.249 e. The molecule has 6 heteroatoms. The maximum absolute atomic E-state index is 12.7. The number of benzene rings is 2. The predicted octanol–water partition coefficient (Wildman–Crippen LogP) is 3.43. The molecule has 2 amide bonds. The number of amides is 2. The highest BCUT2D eigenvalue weighted by Gasteiger charge is 2.22. The van der Waals surface area contributed by atoms with Crippen LogP contribution in [0.5, 0.6) is 0 Å². The topological polar surface area (TPSA) is 69.7 Å². The third-order valence-electron chi connectivity index (χ3n) is 5.18. The predicted molar refractivity (Wildman–Crippen MR) is 119 cm³/mol. The third kappa shape index (κ3) is 5.35. The molecule has 1 N–H and O–H groups in total. The molecule has 156 valence electrons. The highest BCUT2D eigenvalue weighted by molar-refractivity contribution is 6.06. The number of hydrogen-bond donors (Lipinski definition) is 1. The molecule has 2 aromatic rings. The monoisotopic (exact) mass is 405 g/mol. The van der Waals surface area contributed by atoms with Crippen molar-refractivity contribution in [3.63, 3.8) is 0 Å². The molecule has 30 heavy (non-hydrogen) atoms. The van der Waals surface area contributed by atoms with Crippen molar-refractivity contribution in [3.8, 4) is 0 Å². The van der Waals surface area contributed by atoms with Gasteiger partial charge in [-0.15, -0.1) is 0 Å². The van der Waals surface area contributed by atoms with Crippen molar-refractivity contribution in [2.75, 3.05) is 36.4 Å². The van der Waals surface area contributed by atoms with Gasteiger partial charge in [0.25, 0.3) is 0 Å². The molecule has 1 heterocycles. The summed E-state index contributed by atoms with van der Waals surface area (Å²) in [4.78, 5) is 40.4. The Balaban J connectivity index is 1.55. The van der Waals surface area contributed by atoms with E-state index in [1.165, 1.54) is 24.3 Å². The minimum absolute atomic E-state index is 0.0308. The SMILES string of the molecule is CC(=O)c1ccc(NC(=O)/C=C(/C)C(=O)N2CCN(c3cccc(C)c3)CC2)cc1. The van der Waals surface area contributed by atoms with E-state index in [4.69, 9.17) is 0 Å². The normalized spacial score (nSPS) is 14.4. The largest absolute Gasteiger partial charge is 0.368 e. The minimum atomic E-state index is -0.366. The Hall–Kier alpha value is -3.41. The summed E-state index contributed by atoms with van der Waals surface area (Å²) in [5.74, 6) is -0.521. The maximum Gasteiger partial charge on any atom is 0.249 e. The van der Waals surface area contributed by atoms with Crippen molar-refractivity contribution < 1.29 is 14.4 Å². The van der Waals surface area contributed by atoms with Crippen LogP contribution in [0.2, 0.25) is 0 Å². The number of nitrogens with zero attached hydrogens (tertiary/aromatic N) is 2. The summed E-state index contributed by atoms with van der Waals surface area (Å²) in [6.45, 7) is 7.98. The second-order valence-corrected chi connectivity index (χ2v) is 7.57. The van der Waals surface area contributed by atoms with Crippen LogP contribution in [-0.4, -0.2) is 48.7 Å². The summed E-state index contributed by atoms with van der Waals surface area (Å²) >= 11 is 0. The molecule has 0 saturated carbocycles. The molecule has 1 saturated heterocycles. The standard InChI is InChI=1S/C24H27N3O3/c1-17-5-4-6-22(15-17)26-11-13-27(14-12-26)24(30)18(2)16-23(29)25-21-9-7-20(8-10-21)19(3)28/h4-10,15-16H,11-14H2,1-3H3,(H,25,29)/b18-16-. The van der Waals surface area contributed by atoms with Gasteiger partial charge in [0.15, 0.2) is 5.78 Å². The Bertz CT molecular complexity index is 971. The number of hydrogen-bond acceptors (Lipinski definition) is 4. The molecular formula is C24H27N3O3. The van der Waals surface area contributed by atoms with Crippen LogP contribution in [0.4, 0.5) is 11.4 Å². The van der Waals surface area contributed by atoms with Gasteiger partial charge in [-0.1, -0.05) is 12.1 Å². The lowest BCUT2D eigenvalue weighted by Gasteiger charge is -2.36. The van der Waals surface area contributed by atoms with Crippen molar-refractivity contribution in [1.82, 2.24) is 4.90 Å². The first-order chi connectivity index (χ1) is 14.3. The average Bonchev–Trinajstić information content (AvgIpc) is 2.73. The van der Waals surface area contributed by atoms with Gasteiger partial charge in [-0.3, -0.25) is 14.4 Å². The van der Waals surface area contributed by atoms with Crippen LogP contribution in [0.3, 0.4) is 0 Å². The van der Waals surface area contributed by atoms with Crippen LogP contribution in [-0.2, 0) is 9.59 Å². The van der Waals surface area contributed by atoms with Crippen molar-refractivity contribution in [1.29, 1.82) is 0 Å². The van der Waals surface area contributed by atoms with Crippen LogP contribution in [0.25, 0.3) is 0 Å². The molecule has 0 unspecified atom stereocenters. The van der Waals surface area contributed by atoms with Gasteiger partial charge >= 0.3 is 0 Å². The zero-order chi connectivity index (χ0) is 21.7. The van der Waals surface area contributed by atoms with Gasteiger partial charge in [-0.2, -0.15) is 0 Å². The first kappa shape index (κ1) is 21.3. The lowest BCUT2D eigenvalue weighted by atomic mass is 10.1. The number of ketones is 1. The van der Waals surface area contributed by atoms with Gasteiger partial charge in [0, 0.05) is 54.8 Å². The summed E-state index contributed by atoms with van der Waals surface area (Å²) < 4.78 is 0. The molecule has 1 fully saturated rings. The molecule has 2 aromatic carbocycles. The van der Waals surface area contributed by atoms with Gasteiger partial charge < -0.3 is 15.1 Å². The lowest BCUT2D eigenvalue weighted by molar-refractivity contribution is -0.127. The van der Waals surface area contributed by atoms with Crippen LogP contribution in [0, 0.1) is 6.92 Å². The van der Waals surface area contributed by atoms with Gasteiger partial charge in [-0.05, 0) is 62.7 Å². The van der Waals surface area contributed by atoms with Crippen molar-refractivity contribution in [3.05, 3.63) is 71.3 Å². The lowest BCUT2D eigenvalue weighted by Crippen LogP contribution is -2.49. The summed E-state index contributed by atoms with van der Waals surface area (Å²) in [5, 5.41) is 2.73. The molecule has 0 spiro atoms. The molecule has 1 aliphatic rings. The molecule has 1 aliphatic heterocycles. The van der Waals surface area contributed by atoms with Crippen molar-refractivity contribution >= 4 is 29.0 Å². The van der Waals surface area contributed by atoms with E-state index in [0.29, 0.717) is 29.9 Å². The van der Waals surface area contributed by atoms with Crippen molar-refractivity contribution in [2.45, 2.75) is 20.8 Å². The molecular weight excluding hydrogens is 378 g/mol. The Kier molecular flexibility index (Phi) is 6.67. The van der Waals surface area contributed by atoms with Crippen LogP contribution < -0.4 is 10.2 Å². The number of aryl methyl sites for hydroxylation is 1. The van der Waals surface area contributed by atoms with E-state index in [1.807, 2.05) is 6.07 Å². The second-order valence-electron chi connectivity index (χ2n) is 7.57. The molecule has 6 nitrogen and oxygen atoms in total. The van der Waals surface area contributed by atoms with E-state index < -0.39 is 0 Å².